The van der Waals surface area contributed by atoms with Crippen LogP contribution in [0.15, 0.2) is 6.20 Å². The molecule has 17 heavy (non-hydrogen) atoms. The third kappa shape index (κ3) is 3.06. The van der Waals surface area contributed by atoms with Crippen molar-refractivity contribution < 1.29 is 4.79 Å². The number of aryl methyl sites for hydroxylation is 2. The number of nitrogens with zero attached hydrogens (tertiary/aromatic N) is 2. The molecule has 0 aromatic carbocycles. The molecule has 5 nitrogen and oxygen atoms in total. The number of hydrogen-bond donors (Lipinski definition) is 2. The molecule has 0 aliphatic carbocycles. The predicted octanol–water partition coefficient (Wildman–Crippen LogP) is 0.838. The molecule has 1 rings (SSSR count). The number of carbonyl (C=O) groups excluding carboxylic acids is 1. The van der Waals surface area contributed by atoms with Crippen LogP contribution in [0.1, 0.15) is 43.7 Å². The van der Waals surface area contributed by atoms with Gasteiger partial charge in [-0.15, -0.1) is 0 Å². The van der Waals surface area contributed by atoms with E-state index in [9.17, 15) is 4.79 Å². The van der Waals surface area contributed by atoms with Gasteiger partial charge in [-0.25, -0.2) is 0 Å². The summed E-state index contributed by atoms with van der Waals surface area (Å²) in [6, 6.07) is -0.117. The predicted molar refractivity (Wildman–Crippen MR) is 67.8 cm³/mol. The second-order valence-electron chi connectivity index (χ2n) is 4.98. The molecule has 1 unspecified atom stereocenters. The molecule has 0 saturated carbocycles. The van der Waals surface area contributed by atoms with Gasteiger partial charge >= 0.3 is 0 Å². The molecule has 0 aliphatic rings. The lowest BCUT2D eigenvalue weighted by molar-refractivity contribution is 0.0902. The molecule has 1 aromatic rings. The average molecular weight is 238 g/mol. The maximum absolute atomic E-state index is 12.1. The van der Waals surface area contributed by atoms with E-state index in [1.54, 1.807) is 10.9 Å². The zero-order chi connectivity index (χ0) is 13.2. The summed E-state index contributed by atoms with van der Waals surface area (Å²) in [7, 11) is 1.81. The van der Waals surface area contributed by atoms with Crippen molar-refractivity contribution in [3.63, 3.8) is 0 Å². The van der Waals surface area contributed by atoms with Crippen molar-refractivity contribution in [2.75, 3.05) is 0 Å². The Morgan fingerprint density at radius 2 is 2.24 bits per heavy atom. The van der Waals surface area contributed by atoms with Crippen LogP contribution in [0.25, 0.3) is 0 Å². The molecule has 0 spiro atoms. The van der Waals surface area contributed by atoms with Crippen molar-refractivity contribution in [1.82, 2.24) is 15.1 Å². The van der Waals surface area contributed by atoms with Gasteiger partial charge in [-0.1, -0.05) is 6.92 Å². The van der Waals surface area contributed by atoms with Crippen LogP contribution in [0, 0.1) is 0 Å². The molecule has 1 aromatic heterocycles. The van der Waals surface area contributed by atoms with E-state index in [1.165, 1.54) is 0 Å². The van der Waals surface area contributed by atoms with Gasteiger partial charge in [0, 0.05) is 24.8 Å². The summed E-state index contributed by atoms with van der Waals surface area (Å²) in [5.74, 6) is -0.114. The highest BCUT2D eigenvalue weighted by molar-refractivity contribution is 5.95. The Morgan fingerprint density at radius 3 is 2.71 bits per heavy atom. The first-order chi connectivity index (χ1) is 7.77. The Bertz CT molecular complexity index is 407. The highest BCUT2D eigenvalue weighted by Gasteiger charge is 2.26. The highest BCUT2D eigenvalue weighted by Crippen LogP contribution is 2.11. The summed E-state index contributed by atoms with van der Waals surface area (Å²) in [5.41, 5.74) is 6.84. The Morgan fingerprint density at radius 1 is 1.65 bits per heavy atom. The zero-order valence-electron chi connectivity index (χ0n) is 11.2. The maximum Gasteiger partial charge on any atom is 0.255 e. The lowest BCUT2D eigenvalue weighted by atomic mass is 9.96. The number of aromatic nitrogens is 2. The van der Waals surface area contributed by atoms with Gasteiger partial charge in [0.15, 0.2) is 0 Å². The minimum absolute atomic E-state index is 0.114. The Balaban J connectivity index is 2.90. The van der Waals surface area contributed by atoms with Crippen LogP contribution < -0.4 is 11.1 Å². The second kappa shape index (κ2) is 4.87. The quantitative estimate of drug-likeness (QED) is 0.816. The lowest BCUT2D eigenvalue weighted by Crippen LogP contribution is -2.54. The number of rotatable bonds is 4. The number of carbonyl (C=O) groups is 1. The summed E-state index contributed by atoms with van der Waals surface area (Å²) in [5, 5.41) is 7.19. The van der Waals surface area contributed by atoms with Crippen LogP contribution in [-0.2, 0) is 13.5 Å². The Kier molecular flexibility index (Phi) is 3.93. The van der Waals surface area contributed by atoms with Crippen molar-refractivity contribution in [3.8, 4) is 0 Å². The van der Waals surface area contributed by atoms with Gasteiger partial charge in [0.1, 0.15) is 0 Å². The van der Waals surface area contributed by atoms with Crippen LogP contribution in [0.4, 0.5) is 0 Å². The Labute approximate surface area is 102 Å². The monoisotopic (exact) mass is 238 g/mol. The van der Waals surface area contributed by atoms with E-state index in [-0.39, 0.29) is 11.9 Å². The molecular formula is C12H22N4O. The average Bonchev–Trinajstić information content (AvgIpc) is 2.58. The summed E-state index contributed by atoms with van der Waals surface area (Å²) in [6.45, 7) is 7.69. The van der Waals surface area contributed by atoms with Crippen LogP contribution in [0.2, 0.25) is 0 Å². The van der Waals surface area contributed by atoms with Crippen molar-refractivity contribution in [3.05, 3.63) is 17.5 Å². The molecule has 1 amide bonds. The number of amides is 1. The summed E-state index contributed by atoms with van der Waals surface area (Å²) in [4.78, 5) is 12.1. The maximum atomic E-state index is 12.1. The third-order valence-corrected chi connectivity index (χ3v) is 3.06. The Hall–Kier alpha value is -1.36. The summed E-state index contributed by atoms with van der Waals surface area (Å²) < 4.78 is 1.66. The highest BCUT2D eigenvalue weighted by atomic mass is 16.1. The third-order valence-electron chi connectivity index (χ3n) is 3.06. The van der Waals surface area contributed by atoms with E-state index < -0.39 is 5.54 Å². The largest absolute Gasteiger partial charge is 0.346 e. The van der Waals surface area contributed by atoms with E-state index in [0.29, 0.717) is 5.56 Å². The topological polar surface area (TPSA) is 72.9 Å². The fourth-order valence-corrected chi connectivity index (χ4v) is 1.46. The van der Waals surface area contributed by atoms with Gasteiger partial charge in [-0.2, -0.15) is 5.10 Å². The first-order valence-electron chi connectivity index (χ1n) is 5.88. The normalized spacial score (nSPS) is 13.5. The molecule has 96 valence electrons. The number of nitrogens with one attached hydrogen (secondary N) is 1. The van der Waals surface area contributed by atoms with E-state index in [1.807, 2.05) is 34.7 Å². The van der Waals surface area contributed by atoms with Crippen molar-refractivity contribution >= 4 is 5.91 Å². The van der Waals surface area contributed by atoms with E-state index in [4.69, 9.17) is 5.73 Å². The van der Waals surface area contributed by atoms with Gasteiger partial charge in [-0.3, -0.25) is 9.48 Å². The van der Waals surface area contributed by atoms with Gasteiger partial charge < -0.3 is 11.1 Å². The second-order valence-corrected chi connectivity index (χ2v) is 4.98. The molecule has 1 heterocycles. The minimum Gasteiger partial charge on any atom is -0.346 e. The van der Waals surface area contributed by atoms with Crippen molar-refractivity contribution in [2.45, 2.75) is 45.7 Å². The zero-order valence-corrected chi connectivity index (χ0v) is 11.2. The van der Waals surface area contributed by atoms with E-state index in [2.05, 4.69) is 10.4 Å². The van der Waals surface area contributed by atoms with Gasteiger partial charge in [0.2, 0.25) is 0 Å². The van der Waals surface area contributed by atoms with E-state index in [0.717, 1.165) is 12.1 Å². The molecular weight excluding hydrogens is 216 g/mol. The number of nitrogens with two attached hydrogens (primary N) is 1. The molecule has 0 fully saturated rings. The van der Waals surface area contributed by atoms with Crippen molar-refractivity contribution in [1.29, 1.82) is 0 Å². The fourth-order valence-electron chi connectivity index (χ4n) is 1.46. The van der Waals surface area contributed by atoms with Gasteiger partial charge in [-0.05, 0) is 27.2 Å². The first-order valence-corrected chi connectivity index (χ1v) is 5.88. The summed E-state index contributed by atoms with van der Waals surface area (Å²) >= 11 is 0. The smallest absolute Gasteiger partial charge is 0.255 e. The minimum atomic E-state index is -0.433. The number of hydrogen-bond acceptors (Lipinski definition) is 3. The molecule has 0 saturated heterocycles. The van der Waals surface area contributed by atoms with Crippen molar-refractivity contribution in [2.24, 2.45) is 12.8 Å². The molecule has 0 bridgehead atoms. The van der Waals surface area contributed by atoms with Crippen LogP contribution >= 0.6 is 0 Å². The van der Waals surface area contributed by atoms with Crippen LogP contribution in [0.5, 0.6) is 0 Å². The first kappa shape index (κ1) is 13.7. The molecule has 5 heteroatoms. The van der Waals surface area contributed by atoms with Gasteiger partial charge in [0.05, 0.1) is 11.3 Å². The van der Waals surface area contributed by atoms with E-state index >= 15 is 0 Å². The molecule has 0 radical (unpaired) electrons. The molecule has 3 N–H and O–H groups in total. The fraction of sp³-hybridized carbons (Fsp3) is 0.667. The van der Waals surface area contributed by atoms with Crippen LogP contribution in [0.3, 0.4) is 0 Å². The molecule has 0 aliphatic heterocycles. The van der Waals surface area contributed by atoms with Crippen LogP contribution in [-0.4, -0.2) is 27.3 Å². The van der Waals surface area contributed by atoms with Gasteiger partial charge in [0.25, 0.3) is 5.91 Å². The molecule has 1 atom stereocenters. The lowest BCUT2D eigenvalue weighted by Gasteiger charge is -2.30. The SMILES string of the molecule is CCc1nn(C)cc1C(=O)NC(C)(C)C(C)N. The summed E-state index contributed by atoms with van der Waals surface area (Å²) in [6.07, 6.45) is 2.48. The standard InChI is InChI=1S/C12H22N4O/c1-6-10-9(7-16(5)15-10)11(17)14-12(3,4)8(2)13/h7-8H,6,13H2,1-5H3,(H,14,17).